The highest BCUT2D eigenvalue weighted by molar-refractivity contribution is 9.10. The third-order valence-corrected chi connectivity index (χ3v) is 3.94. The van der Waals surface area contributed by atoms with Gasteiger partial charge in [0.15, 0.2) is 5.78 Å². The van der Waals surface area contributed by atoms with Crippen molar-refractivity contribution in [3.8, 4) is 11.5 Å². The molecule has 5 heteroatoms. The maximum absolute atomic E-state index is 12.6. The third kappa shape index (κ3) is 3.09. The van der Waals surface area contributed by atoms with E-state index in [1.807, 2.05) is 30.3 Å². The van der Waals surface area contributed by atoms with Crippen LogP contribution in [0.3, 0.4) is 0 Å². The van der Waals surface area contributed by atoms with Gasteiger partial charge in [-0.15, -0.1) is 0 Å². The molecule has 4 nitrogen and oxygen atoms in total. The first kappa shape index (κ1) is 15.5. The Bertz CT molecular complexity index is 643. The molecule has 0 saturated carbocycles. The molecule has 2 rings (SSSR count). The summed E-state index contributed by atoms with van der Waals surface area (Å²) in [6, 6.07) is 11.9. The Morgan fingerprint density at radius 2 is 1.76 bits per heavy atom. The van der Waals surface area contributed by atoms with Crippen LogP contribution in [0.15, 0.2) is 46.9 Å². The number of benzene rings is 2. The molecule has 0 aromatic heterocycles. The van der Waals surface area contributed by atoms with Crippen LogP contribution in [0.4, 0.5) is 0 Å². The molecule has 0 radical (unpaired) electrons. The minimum Gasteiger partial charge on any atom is -0.495 e. The summed E-state index contributed by atoms with van der Waals surface area (Å²) >= 11 is 3.38. The molecule has 0 aliphatic heterocycles. The molecule has 2 aromatic carbocycles. The molecule has 0 aliphatic carbocycles. The molecular formula is C16H16BrNO3. The van der Waals surface area contributed by atoms with Gasteiger partial charge in [0.05, 0.1) is 25.8 Å². The highest BCUT2D eigenvalue weighted by Gasteiger charge is 2.23. The quantitative estimate of drug-likeness (QED) is 0.840. The minimum absolute atomic E-state index is 0.207. The monoisotopic (exact) mass is 349 g/mol. The van der Waals surface area contributed by atoms with Gasteiger partial charge in [-0.3, -0.25) is 4.79 Å². The molecule has 0 spiro atoms. The number of Topliss-reactive ketones (excluding diaryl/α,β-unsaturated/α-hetero) is 1. The van der Waals surface area contributed by atoms with Gasteiger partial charge in [0.1, 0.15) is 16.0 Å². The highest BCUT2D eigenvalue weighted by atomic mass is 79.9. The van der Waals surface area contributed by atoms with E-state index in [9.17, 15) is 4.79 Å². The summed E-state index contributed by atoms with van der Waals surface area (Å²) in [5.41, 5.74) is 7.24. The Hall–Kier alpha value is -1.85. The summed E-state index contributed by atoms with van der Waals surface area (Å²) in [6.07, 6.45) is 0. The first-order valence-corrected chi connectivity index (χ1v) is 7.14. The maximum atomic E-state index is 12.6. The van der Waals surface area contributed by atoms with Gasteiger partial charge >= 0.3 is 0 Å². The number of nitrogens with two attached hydrogens (primary N) is 1. The Morgan fingerprint density at radius 1 is 1.10 bits per heavy atom. The van der Waals surface area contributed by atoms with Crippen molar-refractivity contribution >= 4 is 21.7 Å². The predicted octanol–water partition coefficient (Wildman–Crippen LogP) is 3.35. The van der Waals surface area contributed by atoms with Crippen molar-refractivity contribution in [2.45, 2.75) is 6.04 Å². The van der Waals surface area contributed by atoms with Crippen LogP contribution >= 0.6 is 15.9 Å². The predicted molar refractivity (Wildman–Crippen MR) is 84.9 cm³/mol. The fourth-order valence-corrected chi connectivity index (χ4v) is 2.74. The van der Waals surface area contributed by atoms with E-state index in [2.05, 4.69) is 15.9 Å². The first-order chi connectivity index (χ1) is 10.1. The number of halogens is 1. The summed E-state index contributed by atoms with van der Waals surface area (Å²) < 4.78 is 11.1. The number of hydrogen-bond donors (Lipinski definition) is 1. The molecule has 0 saturated heterocycles. The van der Waals surface area contributed by atoms with E-state index in [1.165, 1.54) is 7.11 Å². The lowest BCUT2D eigenvalue weighted by atomic mass is 9.97. The Morgan fingerprint density at radius 3 is 2.33 bits per heavy atom. The molecule has 0 aliphatic rings. The summed E-state index contributed by atoms with van der Waals surface area (Å²) in [5.74, 6) is 0.809. The number of hydrogen-bond acceptors (Lipinski definition) is 4. The standard InChI is InChI=1S/C16H16BrNO3/c1-20-12-9-8-11(16(21-2)13(12)17)15(19)14(18)10-6-4-3-5-7-10/h3-9,14H,18H2,1-2H3/t14-/m1/s1. The Labute approximate surface area is 132 Å². The molecule has 2 N–H and O–H groups in total. The van der Waals surface area contributed by atoms with Gasteiger partial charge in [0.2, 0.25) is 0 Å². The molecule has 0 fully saturated rings. The zero-order valence-corrected chi connectivity index (χ0v) is 13.4. The van der Waals surface area contributed by atoms with E-state index >= 15 is 0 Å². The van der Waals surface area contributed by atoms with Crippen molar-refractivity contribution in [3.05, 3.63) is 58.1 Å². The molecular weight excluding hydrogens is 334 g/mol. The summed E-state index contributed by atoms with van der Waals surface area (Å²) in [7, 11) is 3.06. The average molecular weight is 350 g/mol. The first-order valence-electron chi connectivity index (χ1n) is 6.35. The largest absolute Gasteiger partial charge is 0.495 e. The SMILES string of the molecule is COc1ccc(C(=O)[C@H](N)c2ccccc2)c(OC)c1Br. The Kier molecular flexibility index (Phi) is 4.98. The average Bonchev–Trinajstić information content (AvgIpc) is 2.54. The van der Waals surface area contributed by atoms with E-state index in [0.29, 0.717) is 21.5 Å². The van der Waals surface area contributed by atoms with Crippen molar-refractivity contribution < 1.29 is 14.3 Å². The number of rotatable bonds is 5. The number of ether oxygens (including phenoxy) is 2. The second-order valence-corrected chi connectivity index (χ2v) is 5.21. The van der Waals surface area contributed by atoms with Gasteiger partial charge < -0.3 is 15.2 Å². The topological polar surface area (TPSA) is 61.5 Å². The third-order valence-electron chi connectivity index (χ3n) is 3.19. The molecule has 0 bridgehead atoms. The van der Waals surface area contributed by atoms with Crippen molar-refractivity contribution in [2.75, 3.05) is 14.2 Å². The smallest absolute Gasteiger partial charge is 0.187 e. The summed E-state index contributed by atoms with van der Waals surface area (Å²) in [5, 5.41) is 0. The van der Waals surface area contributed by atoms with Gasteiger partial charge in [-0.25, -0.2) is 0 Å². The van der Waals surface area contributed by atoms with Gasteiger partial charge in [0.25, 0.3) is 0 Å². The molecule has 21 heavy (non-hydrogen) atoms. The fourth-order valence-electron chi connectivity index (χ4n) is 2.07. The number of ketones is 1. The van der Waals surface area contributed by atoms with Gasteiger partial charge in [-0.2, -0.15) is 0 Å². The van der Waals surface area contributed by atoms with Crippen molar-refractivity contribution in [1.82, 2.24) is 0 Å². The zero-order valence-electron chi connectivity index (χ0n) is 11.8. The number of carbonyl (C=O) groups is 1. The van der Waals surface area contributed by atoms with Gasteiger partial charge in [-0.05, 0) is 33.6 Å². The second-order valence-electron chi connectivity index (χ2n) is 4.42. The van der Waals surface area contributed by atoms with Crippen LogP contribution in [0.1, 0.15) is 22.0 Å². The lowest BCUT2D eigenvalue weighted by Gasteiger charge is -2.16. The molecule has 0 amide bonds. The number of carbonyl (C=O) groups excluding carboxylic acids is 1. The van der Waals surface area contributed by atoms with Crippen LogP contribution in [-0.4, -0.2) is 20.0 Å². The van der Waals surface area contributed by atoms with Crippen LogP contribution in [0.25, 0.3) is 0 Å². The Balaban J connectivity index is 2.42. The summed E-state index contributed by atoms with van der Waals surface area (Å²) in [4.78, 5) is 12.6. The van der Waals surface area contributed by atoms with E-state index in [-0.39, 0.29) is 5.78 Å². The lowest BCUT2D eigenvalue weighted by molar-refractivity contribution is 0.0958. The minimum atomic E-state index is -0.736. The van der Waals surface area contributed by atoms with Crippen molar-refractivity contribution in [1.29, 1.82) is 0 Å². The van der Waals surface area contributed by atoms with Gasteiger partial charge in [0, 0.05) is 0 Å². The number of methoxy groups -OCH3 is 2. The van der Waals surface area contributed by atoms with E-state index in [1.54, 1.807) is 19.2 Å². The van der Waals surface area contributed by atoms with Crippen LogP contribution < -0.4 is 15.2 Å². The maximum Gasteiger partial charge on any atom is 0.187 e. The molecule has 2 aromatic rings. The zero-order chi connectivity index (χ0) is 15.4. The van der Waals surface area contributed by atoms with E-state index in [4.69, 9.17) is 15.2 Å². The lowest BCUT2D eigenvalue weighted by Crippen LogP contribution is -2.22. The molecule has 1 atom stereocenters. The van der Waals surface area contributed by atoms with E-state index < -0.39 is 6.04 Å². The molecule has 0 unspecified atom stereocenters. The normalized spacial score (nSPS) is 11.8. The highest BCUT2D eigenvalue weighted by Crippen LogP contribution is 2.38. The van der Waals surface area contributed by atoms with Crippen LogP contribution in [-0.2, 0) is 0 Å². The molecule has 110 valence electrons. The second kappa shape index (κ2) is 6.74. The van der Waals surface area contributed by atoms with Crippen LogP contribution in [0.5, 0.6) is 11.5 Å². The van der Waals surface area contributed by atoms with E-state index in [0.717, 1.165) is 5.56 Å². The van der Waals surface area contributed by atoms with Crippen LogP contribution in [0, 0.1) is 0 Å². The van der Waals surface area contributed by atoms with Crippen LogP contribution in [0.2, 0.25) is 0 Å². The van der Waals surface area contributed by atoms with Crippen molar-refractivity contribution in [2.24, 2.45) is 5.73 Å². The summed E-state index contributed by atoms with van der Waals surface area (Å²) in [6.45, 7) is 0. The molecule has 0 heterocycles. The van der Waals surface area contributed by atoms with Gasteiger partial charge in [-0.1, -0.05) is 30.3 Å². The fraction of sp³-hybridized carbons (Fsp3) is 0.188. The van der Waals surface area contributed by atoms with Crippen molar-refractivity contribution in [3.63, 3.8) is 0 Å².